The standard InChI is InChI=1S/C17H23NO4/c1-3-10-7-15(22-14(10)4-2)16(19)18-8-12(11-5-6-11)13(9-18)17(20)21/h7,11-13H,3-6,8-9H2,1-2H3,(H,20,21)/t12-,13+/m1/s1. The van der Waals surface area contributed by atoms with Crippen LogP contribution in [-0.2, 0) is 17.6 Å². The van der Waals surface area contributed by atoms with Crippen molar-refractivity contribution < 1.29 is 19.1 Å². The van der Waals surface area contributed by atoms with Gasteiger partial charge in [0.1, 0.15) is 5.76 Å². The molecule has 1 aromatic rings. The van der Waals surface area contributed by atoms with Crippen molar-refractivity contribution in [2.24, 2.45) is 17.8 Å². The molecule has 22 heavy (non-hydrogen) atoms. The molecule has 2 heterocycles. The lowest BCUT2D eigenvalue weighted by Crippen LogP contribution is -2.29. The molecule has 0 aromatic carbocycles. The topological polar surface area (TPSA) is 70.8 Å². The van der Waals surface area contributed by atoms with Gasteiger partial charge in [0.25, 0.3) is 5.91 Å². The summed E-state index contributed by atoms with van der Waals surface area (Å²) < 4.78 is 5.70. The predicted octanol–water partition coefficient (Wildman–Crippen LogP) is 2.59. The molecule has 2 atom stereocenters. The lowest BCUT2D eigenvalue weighted by molar-refractivity contribution is -0.142. The van der Waals surface area contributed by atoms with Crippen LogP contribution in [0.15, 0.2) is 10.5 Å². The van der Waals surface area contributed by atoms with Crippen molar-refractivity contribution in [3.8, 4) is 0 Å². The summed E-state index contributed by atoms with van der Waals surface area (Å²) in [5.74, 6) is 0.426. The normalized spacial score (nSPS) is 24.7. The summed E-state index contributed by atoms with van der Waals surface area (Å²) in [6, 6.07) is 1.82. The van der Waals surface area contributed by atoms with E-state index in [0.717, 1.165) is 37.0 Å². The average molecular weight is 305 g/mol. The van der Waals surface area contributed by atoms with Gasteiger partial charge in [-0.2, -0.15) is 0 Å². The van der Waals surface area contributed by atoms with Crippen LogP contribution in [0.5, 0.6) is 0 Å². The van der Waals surface area contributed by atoms with Crippen LogP contribution in [0.3, 0.4) is 0 Å². The van der Waals surface area contributed by atoms with Crippen molar-refractivity contribution >= 4 is 11.9 Å². The zero-order chi connectivity index (χ0) is 15.9. The van der Waals surface area contributed by atoms with Gasteiger partial charge in [-0.1, -0.05) is 13.8 Å². The highest BCUT2D eigenvalue weighted by Crippen LogP contribution is 2.44. The van der Waals surface area contributed by atoms with Gasteiger partial charge in [-0.15, -0.1) is 0 Å². The van der Waals surface area contributed by atoms with Crippen molar-refractivity contribution in [2.45, 2.75) is 39.5 Å². The van der Waals surface area contributed by atoms with Crippen LogP contribution in [0.25, 0.3) is 0 Å². The molecule has 0 radical (unpaired) electrons. The lowest BCUT2D eigenvalue weighted by Gasteiger charge is -2.14. The van der Waals surface area contributed by atoms with Crippen LogP contribution in [0.2, 0.25) is 0 Å². The number of rotatable bonds is 5. The maximum atomic E-state index is 12.6. The average Bonchev–Trinajstić information content (AvgIpc) is 3.12. The van der Waals surface area contributed by atoms with Crippen molar-refractivity contribution in [3.63, 3.8) is 0 Å². The third kappa shape index (κ3) is 2.64. The minimum atomic E-state index is -0.782. The second-order valence-corrected chi connectivity index (χ2v) is 6.42. The largest absolute Gasteiger partial charge is 0.481 e. The second-order valence-electron chi connectivity index (χ2n) is 6.42. The van der Waals surface area contributed by atoms with E-state index in [9.17, 15) is 14.7 Å². The zero-order valence-electron chi connectivity index (χ0n) is 13.2. The Morgan fingerprint density at radius 1 is 1.27 bits per heavy atom. The van der Waals surface area contributed by atoms with E-state index in [4.69, 9.17) is 4.42 Å². The van der Waals surface area contributed by atoms with Crippen LogP contribution in [0.1, 0.15) is 48.6 Å². The SMILES string of the molecule is CCc1cc(C(=O)N2C[C@H](C(=O)O)[C@@H](C3CC3)C2)oc1CC. The Bertz CT molecular complexity index is 566. The number of carboxylic acids is 1. The van der Waals surface area contributed by atoms with Crippen molar-refractivity contribution in [1.82, 2.24) is 4.90 Å². The quantitative estimate of drug-likeness (QED) is 0.907. The van der Waals surface area contributed by atoms with Gasteiger partial charge in [0, 0.05) is 19.5 Å². The summed E-state index contributed by atoms with van der Waals surface area (Å²) >= 11 is 0. The van der Waals surface area contributed by atoms with Gasteiger partial charge in [0.05, 0.1) is 5.92 Å². The highest BCUT2D eigenvalue weighted by molar-refractivity contribution is 5.92. The Morgan fingerprint density at radius 2 is 2.00 bits per heavy atom. The fraction of sp³-hybridized carbons (Fsp3) is 0.647. The number of hydrogen-bond donors (Lipinski definition) is 1. The van der Waals surface area contributed by atoms with Crippen LogP contribution < -0.4 is 0 Å². The molecular formula is C17H23NO4. The number of carbonyl (C=O) groups is 2. The Morgan fingerprint density at radius 3 is 2.50 bits per heavy atom. The summed E-state index contributed by atoms with van der Waals surface area (Å²) in [7, 11) is 0. The number of likely N-dealkylation sites (tertiary alicyclic amines) is 1. The van der Waals surface area contributed by atoms with Gasteiger partial charge < -0.3 is 14.4 Å². The van der Waals surface area contributed by atoms with Gasteiger partial charge in [-0.25, -0.2) is 0 Å². The molecule has 5 nitrogen and oxygen atoms in total. The molecule has 120 valence electrons. The van der Waals surface area contributed by atoms with Crippen LogP contribution in [0.4, 0.5) is 0 Å². The molecule has 1 amide bonds. The maximum absolute atomic E-state index is 12.6. The Balaban J connectivity index is 1.77. The first-order valence-electron chi connectivity index (χ1n) is 8.18. The third-order valence-corrected chi connectivity index (χ3v) is 5.01. The van der Waals surface area contributed by atoms with E-state index in [1.807, 2.05) is 19.9 Å². The fourth-order valence-corrected chi connectivity index (χ4v) is 3.58. The van der Waals surface area contributed by atoms with E-state index in [1.54, 1.807) is 4.90 Å². The van der Waals surface area contributed by atoms with Gasteiger partial charge in [-0.3, -0.25) is 9.59 Å². The molecule has 0 unspecified atom stereocenters. The molecule has 0 bridgehead atoms. The first-order valence-corrected chi connectivity index (χ1v) is 8.18. The maximum Gasteiger partial charge on any atom is 0.308 e. The Hall–Kier alpha value is -1.78. The van der Waals surface area contributed by atoms with Crippen LogP contribution >= 0.6 is 0 Å². The zero-order valence-corrected chi connectivity index (χ0v) is 13.2. The highest BCUT2D eigenvalue weighted by Gasteiger charge is 2.47. The van der Waals surface area contributed by atoms with E-state index in [-0.39, 0.29) is 11.8 Å². The van der Waals surface area contributed by atoms with Gasteiger partial charge in [0.2, 0.25) is 0 Å². The van der Waals surface area contributed by atoms with Crippen LogP contribution in [-0.4, -0.2) is 35.0 Å². The van der Waals surface area contributed by atoms with Crippen LogP contribution in [0, 0.1) is 17.8 Å². The van der Waals surface area contributed by atoms with E-state index < -0.39 is 11.9 Å². The summed E-state index contributed by atoms with van der Waals surface area (Å²) in [6.45, 7) is 4.90. The Kier molecular flexibility index (Phi) is 3.98. The minimum absolute atomic E-state index is 0.104. The molecule has 1 aromatic heterocycles. The number of carboxylic acid groups (broad SMARTS) is 1. The van der Waals surface area contributed by atoms with E-state index in [1.165, 1.54) is 0 Å². The van der Waals surface area contributed by atoms with E-state index in [0.29, 0.717) is 24.8 Å². The molecule has 5 heteroatoms. The molecular weight excluding hydrogens is 282 g/mol. The lowest BCUT2D eigenvalue weighted by atomic mass is 9.92. The number of carbonyl (C=O) groups excluding carboxylic acids is 1. The third-order valence-electron chi connectivity index (χ3n) is 5.01. The van der Waals surface area contributed by atoms with Crippen molar-refractivity contribution in [3.05, 3.63) is 23.2 Å². The molecule has 2 aliphatic rings. The smallest absolute Gasteiger partial charge is 0.308 e. The molecule has 1 saturated carbocycles. The second kappa shape index (κ2) is 5.78. The molecule has 0 spiro atoms. The number of amides is 1. The molecule has 2 fully saturated rings. The number of nitrogens with zero attached hydrogens (tertiary/aromatic N) is 1. The molecule has 1 saturated heterocycles. The highest BCUT2D eigenvalue weighted by atomic mass is 16.4. The summed E-state index contributed by atoms with van der Waals surface area (Å²) in [6.07, 6.45) is 3.79. The molecule has 1 aliphatic heterocycles. The summed E-state index contributed by atoms with van der Waals surface area (Å²) in [4.78, 5) is 25.7. The minimum Gasteiger partial charge on any atom is -0.481 e. The van der Waals surface area contributed by atoms with Gasteiger partial charge >= 0.3 is 5.97 Å². The summed E-state index contributed by atoms with van der Waals surface area (Å²) in [5.41, 5.74) is 1.07. The fourth-order valence-electron chi connectivity index (χ4n) is 3.58. The van der Waals surface area contributed by atoms with Gasteiger partial charge in [0.15, 0.2) is 5.76 Å². The first-order chi connectivity index (χ1) is 10.5. The molecule has 1 N–H and O–H groups in total. The first kappa shape index (κ1) is 15.1. The van der Waals surface area contributed by atoms with Crippen molar-refractivity contribution in [1.29, 1.82) is 0 Å². The van der Waals surface area contributed by atoms with Gasteiger partial charge in [-0.05, 0) is 42.7 Å². The van der Waals surface area contributed by atoms with Crippen molar-refractivity contribution in [2.75, 3.05) is 13.1 Å². The number of furan rings is 1. The summed E-state index contributed by atoms with van der Waals surface area (Å²) in [5, 5.41) is 9.39. The van der Waals surface area contributed by atoms with E-state index in [2.05, 4.69) is 0 Å². The monoisotopic (exact) mass is 305 g/mol. The number of hydrogen-bond acceptors (Lipinski definition) is 3. The molecule has 1 aliphatic carbocycles. The van der Waals surface area contributed by atoms with E-state index >= 15 is 0 Å². The Labute approximate surface area is 130 Å². The number of aliphatic carboxylic acids is 1. The molecule has 3 rings (SSSR count). The number of aryl methyl sites for hydroxylation is 2. The predicted molar refractivity (Wildman–Crippen MR) is 80.7 cm³/mol.